The molecule has 6 nitrogen and oxygen atoms in total. The zero-order valence-corrected chi connectivity index (χ0v) is 8.82. The Morgan fingerprint density at radius 2 is 2.47 bits per heavy atom. The third-order valence-corrected chi connectivity index (χ3v) is 1.68. The van der Waals surface area contributed by atoms with E-state index in [2.05, 4.69) is 10.2 Å². The summed E-state index contributed by atoms with van der Waals surface area (Å²) >= 11 is 0. The molecule has 1 unspecified atom stereocenters. The number of nitrogens with two attached hydrogens (primary N) is 1. The van der Waals surface area contributed by atoms with Gasteiger partial charge in [-0.2, -0.15) is 5.10 Å². The van der Waals surface area contributed by atoms with Gasteiger partial charge in [-0.3, -0.25) is 5.10 Å². The van der Waals surface area contributed by atoms with Crippen LogP contribution >= 0.6 is 0 Å². The molecule has 0 saturated carbocycles. The number of hydrogen-bond donors (Lipinski definition) is 2. The average Bonchev–Trinajstić information content (AvgIpc) is 2.61. The van der Waals surface area contributed by atoms with Crippen LogP contribution in [0.5, 0.6) is 0 Å². The molecule has 3 N–H and O–H groups in total. The molecule has 15 heavy (non-hydrogen) atoms. The summed E-state index contributed by atoms with van der Waals surface area (Å²) in [5.74, 6) is -0.217. The van der Waals surface area contributed by atoms with Gasteiger partial charge >= 0.3 is 5.97 Å². The molecule has 1 heterocycles. The van der Waals surface area contributed by atoms with Crippen LogP contribution in [0.15, 0.2) is 6.07 Å². The van der Waals surface area contributed by atoms with Crippen LogP contribution in [-0.4, -0.2) is 35.5 Å². The highest BCUT2D eigenvalue weighted by Gasteiger charge is 2.13. The van der Waals surface area contributed by atoms with Crippen LogP contribution in [0.3, 0.4) is 0 Å². The van der Waals surface area contributed by atoms with E-state index in [9.17, 15) is 4.79 Å². The Bertz CT molecular complexity index is 324. The van der Waals surface area contributed by atoms with E-state index in [-0.39, 0.29) is 17.6 Å². The van der Waals surface area contributed by atoms with Gasteiger partial charge in [-0.05, 0) is 13.8 Å². The number of nitrogens with one attached hydrogen (secondary N) is 1. The van der Waals surface area contributed by atoms with Crippen LogP contribution in [0.2, 0.25) is 0 Å². The number of carbonyl (C=O) groups excluding carboxylic acids is 1. The smallest absolute Gasteiger partial charge is 0.356 e. The Morgan fingerprint density at radius 1 is 1.73 bits per heavy atom. The van der Waals surface area contributed by atoms with Gasteiger partial charge in [0.05, 0.1) is 6.61 Å². The second-order valence-electron chi connectivity index (χ2n) is 3.08. The van der Waals surface area contributed by atoms with Gasteiger partial charge in [0.25, 0.3) is 0 Å². The number of rotatable bonds is 5. The number of aromatic amines is 1. The second kappa shape index (κ2) is 5.35. The summed E-state index contributed by atoms with van der Waals surface area (Å²) in [5, 5.41) is 6.10. The predicted octanol–water partition coefficient (Wildman–Crippen LogP) is 0.574. The van der Waals surface area contributed by atoms with Crippen molar-refractivity contribution < 1.29 is 14.3 Å². The predicted molar refractivity (Wildman–Crippen MR) is 54.4 cm³/mol. The van der Waals surface area contributed by atoms with E-state index in [1.807, 2.05) is 6.92 Å². The van der Waals surface area contributed by atoms with Crippen LogP contribution in [0.25, 0.3) is 0 Å². The molecule has 0 radical (unpaired) electrons. The fourth-order valence-corrected chi connectivity index (χ4v) is 1.01. The van der Waals surface area contributed by atoms with Gasteiger partial charge in [0.2, 0.25) is 0 Å². The zero-order valence-electron chi connectivity index (χ0n) is 8.82. The molecule has 0 aliphatic rings. The van der Waals surface area contributed by atoms with E-state index in [4.69, 9.17) is 15.2 Å². The Labute approximate surface area is 87.7 Å². The second-order valence-corrected chi connectivity index (χ2v) is 3.08. The SMILES string of the molecule is CCOCC(C)OC(=O)c1cc(N)n[nH]1. The monoisotopic (exact) mass is 213 g/mol. The van der Waals surface area contributed by atoms with Crippen LogP contribution in [0.4, 0.5) is 5.82 Å². The van der Waals surface area contributed by atoms with Gasteiger partial charge in [0, 0.05) is 12.7 Å². The molecule has 84 valence electrons. The van der Waals surface area contributed by atoms with E-state index in [1.165, 1.54) is 6.07 Å². The highest BCUT2D eigenvalue weighted by atomic mass is 16.6. The van der Waals surface area contributed by atoms with Crippen molar-refractivity contribution in [2.45, 2.75) is 20.0 Å². The Kier molecular flexibility index (Phi) is 4.11. The fourth-order valence-electron chi connectivity index (χ4n) is 1.01. The zero-order chi connectivity index (χ0) is 11.3. The van der Waals surface area contributed by atoms with Crippen LogP contribution in [0, 0.1) is 0 Å². The van der Waals surface area contributed by atoms with Crippen molar-refractivity contribution in [3.63, 3.8) is 0 Å². The first-order valence-electron chi connectivity index (χ1n) is 4.73. The number of hydrogen-bond acceptors (Lipinski definition) is 5. The van der Waals surface area contributed by atoms with Gasteiger partial charge in [-0.1, -0.05) is 0 Å². The normalized spacial score (nSPS) is 12.4. The largest absolute Gasteiger partial charge is 0.456 e. The van der Waals surface area contributed by atoms with Crippen molar-refractivity contribution in [2.24, 2.45) is 0 Å². The maximum Gasteiger partial charge on any atom is 0.356 e. The Hall–Kier alpha value is -1.56. The lowest BCUT2D eigenvalue weighted by Gasteiger charge is -2.11. The Balaban J connectivity index is 2.42. The van der Waals surface area contributed by atoms with Gasteiger partial charge in [-0.15, -0.1) is 0 Å². The van der Waals surface area contributed by atoms with Gasteiger partial charge in [0.1, 0.15) is 17.6 Å². The number of carbonyl (C=O) groups is 1. The molecule has 1 atom stereocenters. The van der Waals surface area contributed by atoms with Crippen LogP contribution in [0.1, 0.15) is 24.3 Å². The van der Waals surface area contributed by atoms with E-state index in [0.717, 1.165) is 0 Å². The molecule has 0 bridgehead atoms. The standard InChI is InChI=1S/C9H15N3O3/c1-3-14-5-6(2)15-9(13)7-4-8(10)12-11-7/h4,6H,3,5H2,1-2H3,(H3,10,11,12). The summed E-state index contributed by atoms with van der Waals surface area (Å²) in [4.78, 5) is 11.4. The summed E-state index contributed by atoms with van der Waals surface area (Å²) in [6.45, 7) is 4.61. The molecule has 6 heteroatoms. The van der Waals surface area contributed by atoms with E-state index < -0.39 is 5.97 Å². The van der Waals surface area contributed by atoms with Crippen molar-refractivity contribution in [3.8, 4) is 0 Å². The van der Waals surface area contributed by atoms with Crippen LogP contribution < -0.4 is 5.73 Å². The molecule has 1 aromatic heterocycles. The van der Waals surface area contributed by atoms with Gasteiger partial charge in [-0.25, -0.2) is 4.79 Å². The molecule has 1 aromatic rings. The van der Waals surface area contributed by atoms with Gasteiger partial charge in [0.15, 0.2) is 0 Å². The number of H-pyrrole nitrogens is 1. The number of aromatic nitrogens is 2. The molecular weight excluding hydrogens is 198 g/mol. The summed E-state index contributed by atoms with van der Waals surface area (Å²) in [5.41, 5.74) is 5.60. The van der Waals surface area contributed by atoms with Crippen molar-refractivity contribution in [1.29, 1.82) is 0 Å². The Morgan fingerprint density at radius 3 is 3.00 bits per heavy atom. The minimum atomic E-state index is -0.480. The van der Waals surface area contributed by atoms with E-state index in [0.29, 0.717) is 13.2 Å². The molecule has 0 amide bonds. The molecule has 0 aliphatic carbocycles. The number of nitrogens with zero attached hydrogens (tertiary/aromatic N) is 1. The van der Waals surface area contributed by atoms with E-state index >= 15 is 0 Å². The molecule has 0 spiro atoms. The lowest BCUT2D eigenvalue weighted by atomic mass is 10.4. The molecule has 0 fully saturated rings. The highest BCUT2D eigenvalue weighted by molar-refractivity contribution is 5.88. The lowest BCUT2D eigenvalue weighted by Crippen LogP contribution is -2.20. The minimum absolute atomic E-state index is 0.246. The van der Waals surface area contributed by atoms with Crippen molar-refractivity contribution in [2.75, 3.05) is 18.9 Å². The number of anilines is 1. The average molecular weight is 213 g/mol. The number of ether oxygens (including phenoxy) is 2. The molecule has 1 rings (SSSR count). The van der Waals surface area contributed by atoms with Gasteiger partial charge < -0.3 is 15.2 Å². The summed E-state index contributed by atoms with van der Waals surface area (Å²) in [6.07, 6.45) is -0.290. The maximum atomic E-state index is 11.4. The quantitative estimate of drug-likeness (QED) is 0.698. The topological polar surface area (TPSA) is 90.2 Å². The first-order chi connectivity index (χ1) is 7.13. The minimum Gasteiger partial charge on any atom is -0.456 e. The fraction of sp³-hybridized carbons (Fsp3) is 0.556. The highest BCUT2D eigenvalue weighted by Crippen LogP contribution is 2.04. The van der Waals surface area contributed by atoms with Crippen molar-refractivity contribution in [1.82, 2.24) is 10.2 Å². The third-order valence-electron chi connectivity index (χ3n) is 1.68. The summed E-state index contributed by atoms with van der Waals surface area (Å²) < 4.78 is 10.2. The molecule has 0 aromatic carbocycles. The molecule has 0 aliphatic heterocycles. The summed E-state index contributed by atoms with van der Waals surface area (Å²) in [6, 6.07) is 1.43. The third kappa shape index (κ3) is 3.59. The first-order valence-corrected chi connectivity index (χ1v) is 4.73. The summed E-state index contributed by atoms with van der Waals surface area (Å²) in [7, 11) is 0. The number of esters is 1. The van der Waals surface area contributed by atoms with Crippen molar-refractivity contribution in [3.05, 3.63) is 11.8 Å². The number of nitrogen functional groups attached to an aromatic ring is 1. The van der Waals surface area contributed by atoms with Crippen LogP contribution in [-0.2, 0) is 9.47 Å². The molecular formula is C9H15N3O3. The maximum absolute atomic E-state index is 11.4. The van der Waals surface area contributed by atoms with E-state index in [1.54, 1.807) is 6.92 Å². The lowest BCUT2D eigenvalue weighted by molar-refractivity contribution is 0.00387. The molecule has 0 saturated heterocycles. The first kappa shape index (κ1) is 11.5. The van der Waals surface area contributed by atoms with Crippen molar-refractivity contribution >= 4 is 11.8 Å².